The highest BCUT2D eigenvalue weighted by molar-refractivity contribution is 7.15. The van der Waals surface area contributed by atoms with E-state index in [-0.39, 0.29) is 0 Å². The highest BCUT2D eigenvalue weighted by Crippen LogP contribution is 2.33. The molecule has 0 spiro atoms. The van der Waals surface area contributed by atoms with Crippen molar-refractivity contribution in [2.24, 2.45) is 0 Å². The van der Waals surface area contributed by atoms with Crippen molar-refractivity contribution in [1.29, 1.82) is 5.26 Å². The Morgan fingerprint density at radius 3 is 2.69 bits per heavy atom. The van der Waals surface area contributed by atoms with Gasteiger partial charge in [0.2, 0.25) is 0 Å². The second kappa shape index (κ2) is 3.73. The number of nitrogens with zero attached hydrogens (tertiary/aromatic N) is 2. The van der Waals surface area contributed by atoms with Gasteiger partial charge in [0.25, 0.3) is 0 Å². The fourth-order valence-corrected chi connectivity index (χ4v) is 3.16. The normalized spacial score (nSPS) is 13.4. The molecule has 0 radical (unpaired) electrons. The van der Waals surface area contributed by atoms with E-state index in [0.29, 0.717) is 5.56 Å². The predicted molar refractivity (Wildman–Crippen MR) is 64.3 cm³/mol. The van der Waals surface area contributed by atoms with Crippen molar-refractivity contribution in [1.82, 2.24) is 4.98 Å². The van der Waals surface area contributed by atoms with Crippen molar-refractivity contribution in [3.8, 4) is 16.6 Å². The van der Waals surface area contributed by atoms with Crippen LogP contribution in [-0.2, 0) is 12.8 Å². The average molecular weight is 226 g/mol. The van der Waals surface area contributed by atoms with Crippen LogP contribution < -0.4 is 0 Å². The molecule has 0 N–H and O–H groups in total. The molecule has 0 fully saturated rings. The summed E-state index contributed by atoms with van der Waals surface area (Å²) in [5.41, 5.74) is 3.11. The Morgan fingerprint density at radius 1 is 1.19 bits per heavy atom. The van der Waals surface area contributed by atoms with Crippen LogP contribution in [0.3, 0.4) is 0 Å². The smallest absolute Gasteiger partial charge is 0.123 e. The Hall–Kier alpha value is -1.66. The minimum absolute atomic E-state index is 0.702. The molecule has 1 aliphatic rings. The molecule has 1 aliphatic carbocycles. The number of nitriles is 1. The van der Waals surface area contributed by atoms with Crippen LogP contribution in [0, 0.1) is 11.3 Å². The molecule has 0 amide bonds. The molecule has 3 heteroatoms. The van der Waals surface area contributed by atoms with Gasteiger partial charge >= 0.3 is 0 Å². The summed E-state index contributed by atoms with van der Waals surface area (Å²) >= 11 is 1.79. The topological polar surface area (TPSA) is 36.7 Å². The van der Waals surface area contributed by atoms with Crippen molar-refractivity contribution >= 4 is 11.3 Å². The molecule has 0 unspecified atom stereocenters. The first kappa shape index (κ1) is 9.56. The number of aromatic nitrogens is 1. The third-order valence-corrected chi connectivity index (χ3v) is 4.06. The fraction of sp³-hybridized carbons (Fsp3) is 0.231. The largest absolute Gasteiger partial charge is 0.241 e. The van der Waals surface area contributed by atoms with Crippen LogP contribution in [0.4, 0.5) is 0 Å². The van der Waals surface area contributed by atoms with Crippen LogP contribution in [0.25, 0.3) is 10.6 Å². The molecule has 1 aromatic carbocycles. The summed E-state index contributed by atoms with van der Waals surface area (Å²) in [6, 6.07) is 9.78. The Bertz CT molecular complexity index is 539. The quantitative estimate of drug-likeness (QED) is 0.748. The lowest BCUT2D eigenvalue weighted by atomic mass is 10.1. The monoisotopic (exact) mass is 226 g/mol. The summed E-state index contributed by atoms with van der Waals surface area (Å²) in [5.74, 6) is 0. The van der Waals surface area contributed by atoms with Crippen molar-refractivity contribution < 1.29 is 0 Å². The van der Waals surface area contributed by atoms with E-state index in [1.54, 1.807) is 11.3 Å². The first-order valence-corrected chi connectivity index (χ1v) is 6.17. The van der Waals surface area contributed by atoms with Crippen molar-refractivity contribution in [3.05, 3.63) is 40.4 Å². The standard InChI is InChI=1S/C13H10N2S/c14-8-9-4-6-10(7-5-9)13-15-11-2-1-3-12(11)16-13/h4-7H,1-3H2. The first-order valence-electron chi connectivity index (χ1n) is 5.36. The zero-order valence-corrected chi connectivity index (χ0v) is 9.55. The lowest BCUT2D eigenvalue weighted by molar-refractivity contribution is 0.900. The summed E-state index contributed by atoms with van der Waals surface area (Å²) in [4.78, 5) is 6.10. The second-order valence-electron chi connectivity index (χ2n) is 3.93. The van der Waals surface area contributed by atoms with Crippen LogP contribution in [0.15, 0.2) is 24.3 Å². The van der Waals surface area contributed by atoms with E-state index >= 15 is 0 Å². The maximum absolute atomic E-state index is 8.73. The van der Waals surface area contributed by atoms with Crippen LogP contribution >= 0.6 is 11.3 Å². The highest BCUT2D eigenvalue weighted by atomic mass is 32.1. The van der Waals surface area contributed by atoms with E-state index < -0.39 is 0 Å². The van der Waals surface area contributed by atoms with E-state index in [1.165, 1.54) is 23.4 Å². The zero-order chi connectivity index (χ0) is 11.0. The zero-order valence-electron chi connectivity index (χ0n) is 8.73. The van der Waals surface area contributed by atoms with Gasteiger partial charge in [-0.1, -0.05) is 12.1 Å². The minimum Gasteiger partial charge on any atom is -0.241 e. The van der Waals surface area contributed by atoms with Gasteiger partial charge in [0.05, 0.1) is 17.3 Å². The molecule has 0 saturated heterocycles. The highest BCUT2D eigenvalue weighted by Gasteiger charge is 2.17. The van der Waals surface area contributed by atoms with E-state index in [9.17, 15) is 0 Å². The Morgan fingerprint density at radius 2 is 2.00 bits per heavy atom. The van der Waals surface area contributed by atoms with Gasteiger partial charge in [-0.05, 0) is 31.4 Å². The summed E-state index contributed by atoms with van der Waals surface area (Å²) in [6.45, 7) is 0. The third-order valence-electron chi connectivity index (χ3n) is 2.86. The van der Waals surface area contributed by atoms with E-state index in [4.69, 9.17) is 5.26 Å². The molecule has 3 rings (SSSR count). The molecular weight excluding hydrogens is 216 g/mol. The number of rotatable bonds is 1. The number of aryl methyl sites for hydroxylation is 2. The Kier molecular flexibility index (Phi) is 2.23. The third kappa shape index (κ3) is 1.52. The maximum Gasteiger partial charge on any atom is 0.123 e. The summed E-state index contributed by atoms with van der Waals surface area (Å²) in [5, 5.41) is 9.82. The van der Waals surface area contributed by atoms with Gasteiger partial charge in [0.1, 0.15) is 5.01 Å². The lowest BCUT2D eigenvalue weighted by Crippen LogP contribution is -1.81. The molecule has 1 heterocycles. The van der Waals surface area contributed by atoms with Crippen LogP contribution in [0.2, 0.25) is 0 Å². The SMILES string of the molecule is N#Cc1ccc(-c2nc3c(s2)CCC3)cc1. The number of thiazole rings is 1. The van der Waals surface area contributed by atoms with Crippen molar-refractivity contribution in [2.75, 3.05) is 0 Å². The number of hydrogen-bond donors (Lipinski definition) is 0. The van der Waals surface area contributed by atoms with E-state index in [1.807, 2.05) is 24.3 Å². The van der Waals surface area contributed by atoms with Crippen LogP contribution in [0.5, 0.6) is 0 Å². The Labute approximate surface area is 98.2 Å². The minimum atomic E-state index is 0.702. The molecule has 1 aromatic heterocycles. The van der Waals surface area contributed by atoms with E-state index in [2.05, 4.69) is 11.1 Å². The molecule has 0 saturated carbocycles. The van der Waals surface area contributed by atoms with Gasteiger partial charge in [-0.25, -0.2) is 4.98 Å². The van der Waals surface area contributed by atoms with Crippen LogP contribution in [-0.4, -0.2) is 4.98 Å². The molecule has 0 aliphatic heterocycles. The molecule has 0 bridgehead atoms. The molecule has 2 aromatic rings. The predicted octanol–water partition coefficient (Wildman–Crippen LogP) is 3.17. The molecule has 16 heavy (non-hydrogen) atoms. The fourth-order valence-electron chi connectivity index (χ4n) is 2.00. The summed E-state index contributed by atoms with van der Waals surface area (Å²) in [7, 11) is 0. The molecule has 78 valence electrons. The molecular formula is C13H10N2S. The van der Waals surface area contributed by atoms with Crippen molar-refractivity contribution in [2.45, 2.75) is 19.3 Å². The number of fused-ring (bicyclic) bond motifs is 1. The Balaban J connectivity index is 1.99. The first-order chi connectivity index (χ1) is 7.86. The lowest BCUT2D eigenvalue weighted by Gasteiger charge is -1.96. The van der Waals surface area contributed by atoms with Gasteiger partial charge in [0, 0.05) is 10.4 Å². The number of hydrogen-bond acceptors (Lipinski definition) is 3. The van der Waals surface area contributed by atoms with Gasteiger partial charge < -0.3 is 0 Å². The van der Waals surface area contributed by atoms with Gasteiger partial charge in [-0.2, -0.15) is 5.26 Å². The summed E-state index contributed by atoms with van der Waals surface area (Å²) in [6.07, 6.45) is 3.56. The van der Waals surface area contributed by atoms with Crippen LogP contribution in [0.1, 0.15) is 22.6 Å². The van der Waals surface area contributed by atoms with E-state index in [0.717, 1.165) is 17.0 Å². The second-order valence-corrected chi connectivity index (χ2v) is 5.02. The van der Waals surface area contributed by atoms with Gasteiger partial charge in [-0.3, -0.25) is 0 Å². The molecule has 0 atom stereocenters. The van der Waals surface area contributed by atoms with Gasteiger partial charge in [0.15, 0.2) is 0 Å². The maximum atomic E-state index is 8.73. The van der Waals surface area contributed by atoms with Gasteiger partial charge in [-0.15, -0.1) is 11.3 Å². The summed E-state index contributed by atoms with van der Waals surface area (Å²) < 4.78 is 0. The van der Waals surface area contributed by atoms with Crippen molar-refractivity contribution in [3.63, 3.8) is 0 Å². The number of benzene rings is 1. The average Bonchev–Trinajstić information content (AvgIpc) is 2.89. The molecule has 2 nitrogen and oxygen atoms in total.